The van der Waals surface area contributed by atoms with Crippen molar-refractivity contribution in [3.63, 3.8) is 0 Å². The van der Waals surface area contributed by atoms with E-state index in [1.807, 2.05) is 17.5 Å². The van der Waals surface area contributed by atoms with Crippen LogP contribution in [-0.2, 0) is 11.3 Å². The number of thiazole rings is 1. The number of aromatic nitrogens is 3. The summed E-state index contributed by atoms with van der Waals surface area (Å²) in [7, 11) is 0. The number of halogens is 1. The van der Waals surface area contributed by atoms with Crippen LogP contribution in [0.4, 0.5) is 4.39 Å². The van der Waals surface area contributed by atoms with E-state index in [0.29, 0.717) is 11.4 Å². The van der Waals surface area contributed by atoms with Gasteiger partial charge in [-0.05, 0) is 35.7 Å². The van der Waals surface area contributed by atoms with Crippen LogP contribution >= 0.6 is 22.7 Å². The molecular formula is C17H10FN3O3S2. The van der Waals surface area contributed by atoms with Crippen molar-refractivity contribution in [3.8, 4) is 21.3 Å². The summed E-state index contributed by atoms with van der Waals surface area (Å²) in [5, 5.41) is 8.15. The second-order valence-corrected chi connectivity index (χ2v) is 6.92. The fourth-order valence-electron chi connectivity index (χ4n) is 2.11. The van der Waals surface area contributed by atoms with Gasteiger partial charge in [0.15, 0.2) is 12.3 Å². The highest BCUT2D eigenvalue weighted by molar-refractivity contribution is 7.20. The van der Waals surface area contributed by atoms with Crippen molar-refractivity contribution in [2.75, 3.05) is 0 Å². The first-order chi connectivity index (χ1) is 12.7. The number of rotatable bonds is 5. The van der Waals surface area contributed by atoms with Crippen molar-refractivity contribution in [1.29, 1.82) is 0 Å². The van der Waals surface area contributed by atoms with Gasteiger partial charge >= 0.3 is 5.97 Å². The minimum Gasteiger partial charge on any atom is -0.451 e. The summed E-state index contributed by atoms with van der Waals surface area (Å²) in [6, 6.07) is 9.55. The second-order valence-electron chi connectivity index (χ2n) is 5.11. The zero-order chi connectivity index (χ0) is 17.9. The highest BCUT2D eigenvalue weighted by Crippen LogP contribution is 2.28. The van der Waals surface area contributed by atoms with Crippen molar-refractivity contribution in [3.05, 3.63) is 64.6 Å². The molecule has 0 aliphatic carbocycles. The number of carbonyl (C=O) groups is 1. The first kappa shape index (κ1) is 16.6. The first-order valence-corrected chi connectivity index (χ1v) is 9.20. The van der Waals surface area contributed by atoms with Crippen LogP contribution in [0, 0.1) is 5.82 Å². The van der Waals surface area contributed by atoms with Crippen molar-refractivity contribution in [2.45, 2.75) is 6.61 Å². The zero-order valence-electron chi connectivity index (χ0n) is 13.1. The predicted molar refractivity (Wildman–Crippen MR) is 94.2 cm³/mol. The van der Waals surface area contributed by atoms with E-state index in [1.54, 1.807) is 16.7 Å². The topological polar surface area (TPSA) is 78.1 Å². The monoisotopic (exact) mass is 387 g/mol. The summed E-state index contributed by atoms with van der Waals surface area (Å²) in [5.41, 5.74) is 0.837. The van der Waals surface area contributed by atoms with Gasteiger partial charge in [0.05, 0.1) is 4.88 Å². The third kappa shape index (κ3) is 3.53. The number of hydrogen-bond donors (Lipinski definition) is 0. The van der Waals surface area contributed by atoms with Crippen LogP contribution in [0.25, 0.3) is 21.3 Å². The van der Waals surface area contributed by atoms with Crippen LogP contribution in [0.1, 0.15) is 16.4 Å². The molecule has 130 valence electrons. The molecule has 0 bridgehead atoms. The van der Waals surface area contributed by atoms with Crippen LogP contribution in [0.3, 0.4) is 0 Å². The fraction of sp³-hybridized carbons (Fsp3) is 0.0588. The Morgan fingerprint density at radius 3 is 2.77 bits per heavy atom. The Balaban J connectivity index is 1.40. The third-order valence-electron chi connectivity index (χ3n) is 3.34. The minimum absolute atomic E-state index is 0.145. The SMILES string of the molecule is O=C(OCc1nc(-c2ccc(F)cc2)no1)c1csc(-c2cccs2)n1. The van der Waals surface area contributed by atoms with E-state index in [-0.39, 0.29) is 24.0 Å². The summed E-state index contributed by atoms with van der Waals surface area (Å²) < 4.78 is 23.2. The average molecular weight is 387 g/mol. The highest BCUT2D eigenvalue weighted by atomic mass is 32.1. The molecular weight excluding hydrogens is 377 g/mol. The maximum atomic E-state index is 12.9. The Bertz CT molecular complexity index is 1030. The maximum absolute atomic E-state index is 12.9. The van der Waals surface area contributed by atoms with Crippen LogP contribution < -0.4 is 0 Å². The lowest BCUT2D eigenvalue weighted by Crippen LogP contribution is -2.05. The number of benzene rings is 1. The van der Waals surface area contributed by atoms with E-state index in [0.717, 1.165) is 9.88 Å². The van der Waals surface area contributed by atoms with Gasteiger partial charge in [-0.3, -0.25) is 0 Å². The molecule has 0 unspecified atom stereocenters. The van der Waals surface area contributed by atoms with Crippen LogP contribution in [-0.4, -0.2) is 21.1 Å². The molecule has 0 saturated heterocycles. The number of nitrogens with zero attached hydrogens (tertiary/aromatic N) is 3. The summed E-state index contributed by atoms with van der Waals surface area (Å²) in [5.74, 6) is -0.474. The van der Waals surface area contributed by atoms with E-state index < -0.39 is 5.97 Å². The van der Waals surface area contributed by atoms with Crippen LogP contribution in [0.2, 0.25) is 0 Å². The second kappa shape index (κ2) is 7.14. The number of carbonyl (C=O) groups excluding carboxylic acids is 1. The lowest BCUT2D eigenvalue weighted by atomic mass is 10.2. The van der Waals surface area contributed by atoms with Crippen molar-refractivity contribution < 1.29 is 18.4 Å². The molecule has 0 fully saturated rings. The normalized spacial score (nSPS) is 10.8. The van der Waals surface area contributed by atoms with E-state index in [2.05, 4.69) is 15.1 Å². The fourth-order valence-corrected chi connectivity index (χ4v) is 3.72. The Hall–Kier alpha value is -2.91. The Labute approximate surface area is 154 Å². The van der Waals surface area contributed by atoms with Gasteiger partial charge in [-0.1, -0.05) is 11.2 Å². The van der Waals surface area contributed by atoms with Gasteiger partial charge in [0.2, 0.25) is 5.82 Å². The third-order valence-corrected chi connectivity index (χ3v) is 5.22. The molecule has 4 aromatic rings. The van der Waals surface area contributed by atoms with Gasteiger partial charge < -0.3 is 9.26 Å². The molecule has 0 saturated carbocycles. The predicted octanol–water partition coefficient (Wildman–Crippen LogP) is 4.42. The maximum Gasteiger partial charge on any atom is 0.358 e. The summed E-state index contributed by atoms with van der Waals surface area (Å²) in [6.07, 6.45) is 0. The number of esters is 1. The molecule has 26 heavy (non-hydrogen) atoms. The Morgan fingerprint density at radius 2 is 2.00 bits per heavy atom. The largest absolute Gasteiger partial charge is 0.451 e. The zero-order valence-corrected chi connectivity index (χ0v) is 14.7. The van der Waals surface area contributed by atoms with Crippen molar-refractivity contribution in [2.24, 2.45) is 0 Å². The van der Waals surface area contributed by atoms with Crippen LogP contribution in [0.15, 0.2) is 51.7 Å². The smallest absolute Gasteiger partial charge is 0.358 e. The molecule has 3 heterocycles. The molecule has 0 amide bonds. The molecule has 4 rings (SSSR count). The van der Waals surface area contributed by atoms with Gasteiger partial charge in [0.1, 0.15) is 10.8 Å². The summed E-state index contributed by atoms with van der Waals surface area (Å²) in [4.78, 5) is 21.5. The molecule has 0 N–H and O–H groups in total. The summed E-state index contributed by atoms with van der Waals surface area (Å²) in [6.45, 7) is -0.168. The van der Waals surface area contributed by atoms with Crippen molar-refractivity contribution >= 4 is 28.6 Å². The van der Waals surface area contributed by atoms with E-state index in [4.69, 9.17) is 9.26 Å². The minimum atomic E-state index is -0.564. The van der Waals surface area contributed by atoms with E-state index in [9.17, 15) is 9.18 Å². The Morgan fingerprint density at radius 1 is 1.15 bits per heavy atom. The Kier molecular flexibility index (Phi) is 4.55. The van der Waals surface area contributed by atoms with Gasteiger partial charge in [0, 0.05) is 10.9 Å². The van der Waals surface area contributed by atoms with Gasteiger partial charge in [-0.2, -0.15) is 4.98 Å². The van der Waals surface area contributed by atoms with E-state index in [1.165, 1.54) is 35.6 Å². The molecule has 0 radical (unpaired) electrons. The highest BCUT2D eigenvalue weighted by Gasteiger charge is 2.16. The lowest BCUT2D eigenvalue weighted by molar-refractivity contribution is 0.0424. The molecule has 0 aliphatic rings. The van der Waals surface area contributed by atoms with Gasteiger partial charge in [0.25, 0.3) is 5.89 Å². The van der Waals surface area contributed by atoms with Crippen LogP contribution in [0.5, 0.6) is 0 Å². The molecule has 0 atom stereocenters. The average Bonchev–Trinajstić information content (AvgIpc) is 3.41. The molecule has 9 heteroatoms. The quantitative estimate of drug-likeness (QED) is 0.472. The number of hydrogen-bond acceptors (Lipinski definition) is 8. The molecule has 3 aromatic heterocycles. The van der Waals surface area contributed by atoms with E-state index >= 15 is 0 Å². The summed E-state index contributed by atoms with van der Waals surface area (Å²) >= 11 is 2.93. The molecule has 6 nitrogen and oxygen atoms in total. The van der Waals surface area contributed by atoms with Gasteiger partial charge in [-0.15, -0.1) is 22.7 Å². The lowest BCUT2D eigenvalue weighted by Gasteiger charge is -1.98. The first-order valence-electron chi connectivity index (χ1n) is 7.44. The van der Waals surface area contributed by atoms with Crippen molar-refractivity contribution in [1.82, 2.24) is 15.1 Å². The molecule has 1 aromatic carbocycles. The number of thiophene rings is 1. The molecule has 0 spiro atoms. The van der Waals surface area contributed by atoms with Gasteiger partial charge in [-0.25, -0.2) is 14.2 Å². The standard InChI is InChI=1S/C17H10FN3O3S2/c18-11-5-3-10(4-6-11)15-20-14(24-21-15)8-23-17(22)12-9-26-16(19-12)13-2-1-7-25-13/h1-7,9H,8H2. The number of ether oxygens (including phenoxy) is 1. The molecule has 0 aliphatic heterocycles.